The van der Waals surface area contributed by atoms with E-state index in [4.69, 9.17) is 0 Å². The summed E-state index contributed by atoms with van der Waals surface area (Å²) in [4.78, 5) is 2.73. The van der Waals surface area contributed by atoms with E-state index >= 15 is 0 Å². The van der Waals surface area contributed by atoms with Crippen molar-refractivity contribution in [3.8, 4) is 0 Å². The lowest BCUT2D eigenvalue weighted by atomic mass is 9.87. The Morgan fingerprint density at radius 2 is 1.72 bits per heavy atom. The fourth-order valence-electron chi connectivity index (χ4n) is 5.51. The second-order valence-corrected chi connectivity index (χ2v) is 7.64. The van der Waals surface area contributed by atoms with Gasteiger partial charge in [-0.1, -0.05) is 6.42 Å². The Morgan fingerprint density at radius 1 is 0.944 bits per heavy atom. The molecular formula is C16H28N2. The Hall–Kier alpha value is -0.0800. The van der Waals surface area contributed by atoms with Gasteiger partial charge in [-0.25, -0.2) is 0 Å². The van der Waals surface area contributed by atoms with Crippen molar-refractivity contribution >= 4 is 0 Å². The largest absolute Gasteiger partial charge is 0.311 e. The predicted octanol–water partition coefficient (Wildman–Crippen LogP) is 2.64. The molecule has 4 bridgehead atoms. The molecule has 18 heavy (non-hydrogen) atoms. The van der Waals surface area contributed by atoms with Crippen molar-refractivity contribution in [3.05, 3.63) is 0 Å². The van der Waals surface area contributed by atoms with Crippen molar-refractivity contribution in [1.29, 1.82) is 0 Å². The average Bonchev–Trinajstić information content (AvgIpc) is 3.05. The quantitative estimate of drug-likeness (QED) is 0.826. The van der Waals surface area contributed by atoms with E-state index in [0.29, 0.717) is 0 Å². The van der Waals surface area contributed by atoms with Crippen LogP contribution in [0.4, 0.5) is 0 Å². The summed E-state index contributed by atoms with van der Waals surface area (Å²) < 4.78 is 0. The molecule has 0 aromatic heterocycles. The van der Waals surface area contributed by atoms with Crippen LogP contribution in [0.5, 0.6) is 0 Å². The van der Waals surface area contributed by atoms with Crippen LogP contribution in [-0.4, -0.2) is 36.6 Å². The zero-order valence-corrected chi connectivity index (χ0v) is 11.8. The smallest absolute Gasteiger partial charge is 0.0122 e. The van der Waals surface area contributed by atoms with E-state index in [9.17, 15) is 0 Å². The summed E-state index contributed by atoms with van der Waals surface area (Å²) >= 11 is 0. The third-order valence-electron chi connectivity index (χ3n) is 6.48. The van der Waals surface area contributed by atoms with Gasteiger partial charge < -0.3 is 10.2 Å². The summed E-state index contributed by atoms with van der Waals surface area (Å²) in [6.45, 7) is 1.39. The van der Waals surface area contributed by atoms with Gasteiger partial charge in [0.1, 0.15) is 0 Å². The summed E-state index contributed by atoms with van der Waals surface area (Å²) in [6.07, 6.45) is 11.9. The molecular weight excluding hydrogens is 220 g/mol. The van der Waals surface area contributed by atoms with Gasteiger partial charge in [-0.2, -0.15) is 0 Å². The highest BCUT2D eigenvalue weighted by molar-refractivity contribution is 4.97. The van der Waals surface area contributed by atoms with Crippen LogP contribution < -0.4 is 5.32 Å². The maximum absolute atomic E-state index is 3.77. The molecule has 2 nitrogen and oxygen atoms in total. The second-order valence-electron chi connectivity index (χ2n) is 7.64. The summed E-state index contributed by atoms with van der Waals surface area (Å²) in [7, 11) is 2.40. The number of hydrogen-bond donors (Lipinski definition) is 1. The molecule has 4 fully saturated rings. The van der Waals surface area contributed by atoms with Crippen LogP contribution in [0.3, 0.4) is 0 Å². The summed E-state index contributed by atoms with van der Waals surface area (Å²) in [5.74, 6) is 3.25. The number of hydrogen-bond acceptors (Lipinski definition) is 2. The Labute approximate surface area is 111 Å². The highest BCUT2D eigenvalue weighted by Crippen LogP contribution is 2.48. The van der Waals surface area contributed by atoms with Crippen LogP contribution in [0, 0.1) is 17.8 Å². The predicted molar refractivity (Wildman–Crippen MR) is 74.5 cm³/mol. The molecule has 5 unspecified atom stereocenters. The third kappa shape index (κ3) is 2.02. The number of nitrogens with zero attached hydrogens (tertiary/aromatic N) is 1. The van der Waals surface area contributed by atoms with E-state index in [1.54, 1.807) is 25.7 Å². The maximum Gasteiger partial charge on any atom is 0.0122 e. The van der Waals surface area contributed by atoms with Crippen molar-refractivity contribution < 1.29 is 0 Å². The van der Waals surface area contributed by atoms with Crippen molar-refractivity contribution in [2.75, 3.05) is 13.6 Å². The standard InChI is InChI=1S/C16H28N2/c1-18(10-13-7-11-2-3-12(13)6-11)16-8-14-4-5-15(9-16)17-14/h11-17H,2-10H2,1H3. The van der Waals surface area contributed by atoms with Gasteiger partial charge in [0.05, 0.1) is 0 Å². The normalized spacial score (nSPS) is 50.3. The fraction of sp³-hybridized carbons (Fsp3) is 1.00. The summed E-state index contributed by atoms with van der Waals surface area (Å²) in [5.41, 5.74) is 0. The van der Waals surface area contributed by atoms with Gasteiger partial charge in [-0.3, -0.25) is 0 Å². The lowest BCUT2D eigenvalue weighted by Gasteiger charge is -2.38. The van der Waals surface area contributed by atoms with Crippen LogP contribution in [0.2, 0.25) is 0 Å². The molecule has 4 aliphatic rings. The van der Waals surface area contributed by atoms with Crippen LogP contribution in [0.15, 0.2) is 0 Å². The molecule has 2 saturated carbocycles. The summed E-state index contributed by atoms with van der Waals surface area (Å²) in [6, 6.07) is 2.57. The van der Waals surface area contributed by atoms with Gasteiger partial charge in [-0.15, -0.1) is 0 Å². The van der Waals surface area contributed by atoms with E-state index in [2.05, 4.69) is 17.3 Å². The topological polar surface area (TPSA) is 15.3 Å². The van der Waals surface area contributed by atoms with E-state index in [-0.39, 0.29) is 0 Å². The fourth-order valence-corrected chi connectivity index (χ4v) is 5.51. The molecule has 102 valence electrons. The van der Waals surface area contributed by atoms with Gasteiger partial charge in [-0.05, 0) is 69.7 Å². The average molecular weight is 248 g/mol. The minimum atomic E-state index is 0.844. The molecule has 2 heteroatoms. The van der Waals surface area contributed by atoms with Crippen LogP contribution >= 0.6 is 0 Å². The monoisotopic (exact) mass is 248 g/mol. The molecule has 1 N–H and O–H groups in total. The van der Waals surface area contributed by atoms with Gasteiger partial charge in [0.25, 0.3) is 0 Å². The number of rotatable bonds is 3. The molecule has 0 amide bonds. The van der Waals surface area contributed by atoms with Gasteiger partial charge in [0.2, 0.25) is 0 Å². The van der Waals surface area contributed by atoms with Crippen molar-refractivity contribution in [2.24, 2.45) is 17.8 Å². The molecule has 2 aliphatic heterocycles. The summed E-state index contributed by atoms with van der Waals surface area (Å²) in [5, 5.41) is 3.77. The van der Waals surface area contributed by atoms with Crippen LogP contribution in [0.25, 0.3) is 0 Å². The Balaban J connectivity index is 1.34. The lowest BCUT2D eigenvalue weighted by molar-refractivity contribution is 0.132. The highest BCUT2D eigenvalue weighted by Gasteiger charge is 2.41. The first-order valence-electron chi connectivity index (χ1n) is 8.24. The Kier molecular flexibility index (Phi) is 2.92. The number of piperidine rings is 1. The van der Waals surface area contributed by atoms with Crippen molar-refractivity contribution in [1.82, 2.24) is 10.2 Å². The van der Waals surface area contributed by atoms with Crippen LogP contribution in [0.1, 0.15) is 51.4 Å². The van der Waals surface area contributed by atoms with Crippen molar-refractivity contribution in [3.63, 3.8) is 0 Å². The third-order valence-corrected chi connectivity index (χ3v) is 6.48. The molecule has 0 aromatic carbocycles. The SMILES string of the molecule is CN(CC1CC2CCC1C2)C1CC2CCC(C1)N2. The van der Waals surface area contributed by atoms with Gasteiger partial charge >= 0.3 is 0 Å². The first kappa shape index (κ1) is 11.7. The minimum Gasteiger partial charge on any atom is -0.311 e. The maximum atomic E-state index is 3.77. The molecule has 0 radical (unpaired) electrons. The molecule has 2 aliphatic carbocycles. The Morgan fingerprint density at radius 3 is 2.33 bits per heavy atom. The second kappa shape index (κ2) is 4.49. The highest BCUT2D eigenvalue weighted by atomic mass is 15.2. The van der Waals surface area contributed by atoms with E-state index in [1.807, 2.05) is 0 Å². The van der Waals surface area contributed by atoms with Crippen molar-refractivity contribution in [2.45, 2.75) is 69.5 Å². The first-order chi connectivity index (χ1) is 8.78. The number of nitrogens with one attached hydrogen (secondary N) is 1. The van der Waals surface area contributed by atoms with E-state index < -0.39 is 0 Å². The van der Waals surface area contributed by atoms with Gasteiger partial charge in [0.15, 0.2) is 0 Å². The van der Waals surface area contributed by atoms with Crippen LogP contribution in [-0.2, 0) is 0 Å². The molecule has 4 rings (SSSR count). The molecule has 0 aromatic rings. The minimum absolute atomic E-state index is 0.844. The van der Waals surface area contributed by atoms with E-state index in [0.717, 1.165) is 35.9 Å². The molecule has 5 atom stereocenters. The van der Waals surface area contributed by atoms with E-state index in [1.165, 1.54) is 32.2 Å². The first-order valence-corrected chi connectivity index (χ1v) is 8.24. The zero-order chi connectivity index (χ0) is 12.1. The van der Waals surface area contributed by atoms with Gasteiger partial charge in [0, 0.05) is 24.7 Å². The Bertz CT molecular complexity index is 304. The zero-order valence-electron chi connectivity index (χ0n) is 11.8. The molecule has 2 heterocycles. The lowest BCUT2D eigenvalue weighted by Crippen LogP contribution is -2.48. The molecule has 2 saturated heterocycles. The number of fused-ring (bicyclic) bond motifs is 4. The molecule has 0 spiro atoms.